The normalized spacial score (nSPS) is 22.2. The fourth-order valence-electron chi connectivity index (χ4n) is 3.77. The Morgan fingerprint density at radius 2 is 1.85 bits per heavy atom. The molecular formula is C17H22FNO. The number of piperidine rings is 1. The summed E-state index contributed by atoms with van der Waals surface area (Å²) in [6, 6.07) is 6.02. The molecule has 1 aliphatic carbocycles. The van der Waals surface area contributed by atoms with Crippen molar-refractivity contribution in [2.75, 3.05) is 19.6 Å². The van der Waals surface area contributed by atoms with Crippen LogP contribution in [0.3, 0.4) is 0 Å². The molecule has 2 aliphatic rings. The molecule has 0 aromatic heterocycles. The molecule has 0 atom stereocenters. The zero-order chi connectivity index (χ0) is 14.0. The average Bonchev–Trinajstić information content (AvgIpc) is 2.90. The summed E-state index contributed by atoms with van der Waals surface area (Å²) < 4.78 is 13.1. The van der Waals surface area contributed by atoms with Crippen LogP contribution >= 0.6 is 0 Å². The SMILES string of the molecule is O=C(CN1CCC2(CCCC2)CC1)c1cccc(F)c1. The van der Waals surface area contributed by atoms with E-state index in [1.54, 1.807) is 12.1 Å². The van der Waals surface area contributed by atoms with Gasteiger partial charge in [0.1, 0.15) is 5.82 Å². The number of likely N-dealkylation sites (tertiary alicyclic amines) is 1. The molecule has 2 nitrogen and oxygen atoms in total. The number of carbonyl (C=O) groups excluding carboxylic acids is 1. The van der Waals surface area contributed by atoms with Gasteiger partial charge in [0.15, 0.2) is 5.78 Å². The summed E-state index contributed by atoms with van der Waals surface area (Å²) in [6.45, 7) is 2.46. The lowest BCUT2D eigenvalue weighted by Gasteiger charge is -2.39. The Bertz CT molecular complexity index is 484. The molecule has 1 saturated heterocycles. The summed E-state index contributed by atoms with van der Waals surface area (Å²) in [7, 11) is 0. The lowest BCUT2D eigenvalue weighted by Crippen LogP contribution is -2.41. The highest BCUT2D eigenvalue weighted by Gasteiger charge is 2.37. The second-order valence-electron chi connectivity index (χ2n) is 6.42. The van der Waals surface area contributed by atoms with Gasteiger partial charge in [0.2, 0.25) is 0 Å². The number of carbonyl (C=O) groups is 1. The molecule has 1 aromatic rings. The van der Waals surface area contributed by atoms with E-state index in [1.165, 1.54) is 50.7 Å². The molecule has 0 amide bonds. The van der Waals surface area contributed by atoms with Gasteiger partial charge in [0.05, 0.1) is 6.54 Å². The summed E-state index contributed by atoms with van der Waals surface area (Å²) in [5.74, 6) is -0.300. The van der Waals surface area contributed by atoms with Gasteiger partial charge in [0.25, 0.3) is 0 Å². The van der Waals surface area contributed by atoms with Crippen molar-refractivity contribution in [1.82, 2.24) is 4.90 Å². The Balaban J connectivity index is 1.55. The van der Waals surface area contributed by atoms with Crippen molar-refractivity contribution in [3.63, 3.8) is 0 Å². The van der Waals surface area contributed by atoms with Gasteiger partial charge in [-0.2, -0.15) is 0 Å². The van der Waals surface area contributed by atoms with Gasteiger partial charge in [-0.3, -0.25) is 9.69 Å². The first-order valence-electron chi connectivity index (χ1n) is 7.68. The first kappa shape index (κ1) is 13.7. The third-order valence-electron chi connectivity index (χ3n) is 5.09. The molecule has 1 heterocycles. The number of benzene rings is 1. The minimum Gasteiger partial charge on any atom is -0.296 e. The van der Waals surface area contributed by atoms with E-state index in [4.69, 9.17) is 0 Å². The first-order chi connectivity index (χ1) is 9.67. The monoisotopic (exact) mass is 275 g/mol. The van der Waals surface area contributed by atoms with Crippen LogP contribution in [-0.2, 0) is 0 Å². The van der Waals surface area contributed by atoms with Gasteiger partial charge < -0.3 is 0 Å². The lowest BCUT2D eigenvalue weighted by atomic mass is 9.77. The van der Waals surface area contributed by atoms with Crippen LogP contribution in [0.1, 0.15) is 48.9 Å². The fraction of sp³-hybridized carbons (Fsp3) is 0.588. The van der Waals surface area contributed by atoms with E-state index in [0.29, 0.717) is 17.5 Å². The Kier molecular flexibility index (Phi) is 3.88. The molecule has 20 heavy (non-hydrogen) atoms. The third-order valence-corrected chi connectivity index (χ3v) is 5.09. The molecule has 1 saturated carbocycles. The zero-order valence-electron chi connectivity index (χ0n) is 11.9. The second-order valence-corrected chi connectivity index (χ2v) is 6.42. The van der Waals surface area contributed by atoms with Crippen molar-refractivity contribution >= 4 is 5.78 Å². The summed E-state index contributed by atoms with van der Waals surface area (Å²) in [5.41, 5.74) is 1.07. The highest BCUT2D eigenvalue weighted by molar-refractivity contribution is 5.97. The van der Waals surface area contributed by atoms with Gasteiger partial charge in [-0.1, -0.05) is 25.0 Å². The van der Waals surface area contributed by atoms with E-state index < -0.39 is 0 Å². The van der Waals surface area contributed by atoms with Crippen LogP contribution in [0.5, 0.6) is 0 Å². The van der Waals surface area contributed by atoms with E-state index >= 15 is 0 Å². The quantitative estimate of drug-likeness (QED) is 0.785. The summed E-state index contributed by atoms with van der Waals surface area (Å²) in [4.78, 5) is 14.4. The molecule has 0 unspecified atom stereocenters. The van der Waals surface area contributed by atoms with Crippen molar-refractivity contribution in [3.8, 4) is 0 Å². The second kappa shape index (κ2) is 5.65. The van der Waals surface area contributed by atoms with Crippen LogP contribution in [0.4, 0.5) is 4.39 Å². The standard InChI is InChI=1S/C17H22FNO/c18-15-5-3-4-14(12-15)16(20)13-19-10-8-17(9-11-19)6-1-2-7-17/h3-5,12H,1-2,6-11,13H2. The van der Waals surface area contributed by atoms with Crippen LogP contribution in [-0.4, -0.2) is 30.3 Å². The maximum Gasteiger partial charge on any atom is 0.176 e. The van der Waals surface area contributed by atoms with Gasteiger partial charge in [0, 0.05) is 5.56 Å². The largest absolute Gasteiger partial charge is 0.296 e. The molecule has 0 N–H and O–H groups in total. The van der Waals surface area contributed by atoms with Gasteiger partial charge in [-0.05, 0) is 56.3 Å². The Labute approximate surface area is 120 Å². The molecule has 108 valence electrons. The molecule has 0 bridgehead atoms. The van der Waals surface area contributed by atoms with Crippen LogP contribution < -0.4 is 0 Å². The van der Waals surface area contributed by atoms with Crippen LogP contribution in [0.2, 0.25) is 0 Å². The Hall–Kier alpha value is -1.22. The maximum absolute atomic E-state index is 13.1. The van der Waals surface area contributed by atoms with Crippen LogP contribution in [0, 0.1) is 11.2 Å². The average molecular weight is 275 g/mol. The van der Waals surface area contributed by atoms with Gasteiger partial charge in [-0.15, -0.1) is 0 Å². The van der Waals surface area contributed by atoms with Gasteiger partial charge in [-0.25, -0.2) is 4.39 Å². The Morgan fingerprint density at radius 3 is 2.50 bits per heavy atom. The predicted octanol–water partition coefficient (Wildman–Crippen LogP) is 3.66. The van der Waals surface area contributed by atoms with E-state index in [9.17, 15) is 9.18 Å². The number of hydrogen-bond acceptors (Lipinski definition) is 2. The molecule has 1 aromatic carbocycles. The number of nitrogens with zero attached hydrogens (tertiary/aromatic N) is 1. The number of ketones is 1. The van der Waals surface area contributed by atoms with E-state index in [0.717, 1.165) is 13.1 Å². The predicted molar refractivity (Wildman–Crippen MR) is 77.3 cm³/mol. The van der Waals surface area contributed by atoms with Crippen molar-refractivity contribution in [2.45, 2.75) is 38.5 Å². The highest BCUT2D eigenvalue weighted by atomic mass is 19.1. The third kappa shape index (κ3) is 2.93. The summed E-state index contributed by atoms with van der Waals surface area (Å²) >= 11 is 0. The number of rotatable bonds is 3. The van der Waals surface area contributed by atoms with Crippen molar-refractivity contribution in [1.29, 1.82) is 0 Å². The number of hydrogen-bond donors (Lipinski definition) is 0. The minimum atomic E-state index is -0.334. The minimum absolute atomic E-state index is 0.0341. The molecule has 2 fully saturated rings. The Morgan fingerprint density at radius 1 is 1.15 bits per heavy atom. The zero-order valence-corrected chi connectivity index (χ0v) is 11.9. The topological polar surface area (TPSA) is 20.3 Å². The number of halogens is 1. The molecule has 1 spiro atoms. The fourth-order valence-corrected chi connectivity index (χ4v) is 3.77. The summed E-state index contributed by atoms with van der Waals surface area (Å²) in [5, 5.41) is 0. The van der Waals surface area contributed by atoms with E-state index in [-0.39, 0.29) is 11.6 Å². The first-order valence-corrected chi connectivity index (χ1v) is 7.68. The molecular weight excluding hydrogens is 253 g/mol. The molecule has 1 aliphatic heterocycles. The number of Topliss-reactive ketones (excluding diaryl/α,β-unsaturated/α-hetero) is 1. The van der Waals surface area contributed by atoms with Gasteiger partial charge >= 0.3 is 0 Å². The van der Waals surface area contributed by atoms with Crippen LogP contribution in [0.15, 0.2) is 24.3 Å². The smallest absolute Gasteiger partial charge is 0.176 e. The van der Waals surface area contributed by atoms with E-state index in [2.05, 4.69) is 4.90 Å². The van der Waals surface area contributed by atoms with Crippen LogP contribution in [0.25, 0.3) is 0 Å². The van der Waals surface area contributed by atoms with Crippen molar-refractivity contribution < 1.29 is 9.18 Å². The van der Waals surface area contributed by atoms with E-state index in [1.807, 2.05) is 0 Å². The van der Waals surface area contributed by atoms with Crippen molar-refractivity contribution in [2.24, 2.45) is 5.41 Å². The highest BCUT2D eigenvalue weighted by Crippen LogP contribution is 2.46. The molecule has 3 heteroatoms. The molecule has 3 rings (SSSR count). The molecule has 0 radical (unpaired) electrons. The maximum atomic E-state index is 13.1. The lowest BCUT2D eigenvalue weighted by molar-refractivity contribution is 0.0797. The summed E-state index contributed by atoms with van der Waals surface area (Å²) in [6.07, 6.45) is 7.95. The van der Waals surface area contributed by atoms with Crippen molar-refractivity contribution in [3.05, 3.63) is 35.6 Å².